The first kappa shape index (κ1) is 23.0. The topological polar surface area (TPSA) is 95.5 Å². The Kier molecular flexibility index (Phi) is 7.62. The van der Waals surface area contributed by atoms with E-state index in [1.54, 1.807) is 30.3 Å². The first-order valence-corrected chi connectivity index (χ1v) is 10.7. The molecular formula is C24H21FN2O4S. The lowest BCUT2D eigenvalue weighted by molar-refractivity contribution is -0.115. The molecule has 0 saturated heterocycles. The van der Waals surface area contributed by atoms with Crippen molar-refractivity contribution >= 4 is 40.9 Å². The molecule has 1 atom stereocenters. The van der Waals surface area contributed by atoms with Crippen LogP contribution in [0.25, 0.3) is 0 Å². The Labute approximate surface area is 188 Å². The monoisotopic (exact) mass is 452 g/mol. The van der Waals surface area contributed by atoms with Crippen LogP contribution in [-0.2, 0) is 4.79 Å². The van der Waals surface area contributed by atoms with Gasteiger partial charge in [0.1, 0.15) is 5.82 Å². The van der Waals surface area contributed by atoms with Gasteiger partial charge in [-0.25, -0.2) is 9.18 Å². The second-order valence-corrected chi connectivity index (χ2v) is 8.15. The van der Waals surface area contributed by atoms with Crippen molar-refractivity contribution in [3.63, 3.8) is 0 Å². The fourth-order valence-electron chi connectivity index (χ4n) is 2.86. The van der Waals surface area contributed by atoms with Crippen molar-refractivity contribution in [3.05, 3.63) is 89.7 Å². The third kappa shape index (κ3) is 6.18. The van der Waals surface area contributed by atoms with Crippen LogP contribution < -0.4 is 10.6 Å². The zero-order valence-electron chi connectivity index (χ0n) is 17.2. The Hall–Kier alpha value is -3.65. The molecule has 32 heavy (non-hydrogen) atoms. The lowest BCUT2D eigenvalue weighted by Crippen LogP contribution is -2.24. The quantitative estimate of drug-likeness (QED) is 0.404. The van der Waals surface area contributed by atoms with Gasteiger partial charge in [-0.1, -0.05) is 13.0 Å². The zero-order chi connectivity index (χ0) is 23.1. The molecule has 2 amide bonds. The van der Waals surface area contributed by atoms with Gasteiger partial charge >= 0.3 is 5.97 Å². The minimum Gasteiger partial charge on any atom is -0.478 e. The van der Waals surface area contributed by atoms with Gasteiger partial charge in [0.25, 0.3) is 5.91 Å². The molecule has 6 nitrogen and oxygen atoms in total. The number of thioether (sulfide) groups is 1. The smallest absolute Gasteiger partial charge is 0.335 e. The fourth-order valence-corrected chi connectivity index (χ4v) is 3.87. The number of carbonyl (C=O) groups is 3. The van der Waals surface area contributed by atoms with E-state index in [9.17, 15) is 18.8 Å². The number of carboxylic acids is 1. The van der Waals surface area contributed by atoms with Gasteiger partial charge in [-0.2, -0.15) is 0 Å². The summed E-state index contributed by atoms with van der Waals surface area (Å²) in [5.74, 6) is -2.01. The van der Waals surface area contributed by atoms with E-state index in [0.29, 0.717) is 23.4 Å². The molecule has 164 valence electrons. The standard InChI is InChI=1S/C24H21FN2O4S/c1-2-21(23(29)26-18-12-8-16(9-13-18)24(30)31)32-20-5-3-4-19(14-20)27-22(28)15-6-10-17(25)11-7-15/h3-14,21H,2H2,1H3,(H,26,29)(H,27,28)(H,30,31). The average Bonchev–Trinajstić information content (AvgIpc) is 2.78. The summed E-state index contributed by atoms with van der Waals surface area (Å²) < 4.78 is 13.0. The summed E-state index contributed by atoms with van der Waals surface area (Å²) in [5.41, 5.74) is 1.55. The van der Waals surface area contributed by atoms with E-state index in [4.69, 9.17) is 5.11 Å². The predicted octanol–water partition coefficient (Wildman–Crippen LogP) is 5.29. The number of hydrogen-bond donors (Lipinski definition) is 3. The third-order valence-electron chi connectivity index (χ3n) is 4.54. The molecule has 0 aliphatic heterocycles. The number of carbonyl (C=O) groups excluding carboxylic acids is 2. The molecule has 3 aromatic carbocycles. The number of hydrogen-bond acceptors (Lipinski definition) is 4. The van der Waals surface area contributed by atoms with Gasteiger partial charge in [-0.3, -0.25) is 9.59 Å². The summed E-state index contributed by atoms with van der Waals surface area (Å²) in [4.78, 5) is 36.8. The number of carboxylic acid groups (broad SMARTS) is 1. The maximum atomic E-state index is 13.0. The van der Waals surface area contributed by atoms with Crippen LogP contribution in [0.2, 0.25) is 0 Å². The molecular weight excluding hydrogens is 431 g/mol. The van der Waals surface area contributed by atoms with Crippen molar-refractivity contribution in [1.82, 2.24) is 0 Å². The highest BCUT2D eigenvalue weighted by molar-refractivity contribution is 8.00. The fraction of sp³-hybridized carbons (Fsp3) is 0.125. The molecule has 0 aliphatic carbocycles. The molecule has 0 saturated carbocycles. The Morgan fingerprint density at radius 2 is 1.56 bits per heavy atom. The van der Waals surface area contributed by atoms with E-state index < -0.39 is 17.0 Å². The van der Waals surface area contributed by atoms with Gasteiger partial charge in [0, 0.05) is 21.8 Å². The van der Waals surface area contributed by atoms with Crippen molar-refractivity contribution in [1.29, 1.82) is 0 Å². The van der Waals surface area contributed by atoms with Crippen LogP contribution in [0.5, 0.6) is 0 Å². The second kappa shape index (κ2) is 10.6. The number of nitrogens with one attached hydrogen (secondary N) is 2. The van der Waals surface area contributed by atoms with Gasteiger partial charge in [0.2, 0.25) is 5.91 Å². The van der Waals surface area contributed by atoms with E-state index in [0.717, 1.165) is 4.90 Å². The normalized spacial score (nSPS) is 11.4. The molecule has 0 aliphatic rings. The Balaban J connectivity index is 1.64. The summed E-state index contributed by atoms with van der Waals surface area (Å²) in [6, 6.07) is 18.3. The largest absolute Gasteiger partial charge is 0.478 e. The maximum absolute atomic E-state index is 13.0. The van der Waals surface area contributed by atoms with Crippen molar-refractivity contribution in [2.45, 2.75) is 23.5 Å². The van der Waals surface area contributed by atoms with Crippen molar-refractivity contribution in [2.24, 2.45) is 0 Å². The molecule has 3 N–H and O–H groups in total. The lowest BCUT2D eigenvalue weighted by atomic mass is 10.2. The molecule has 0 heterocycles. The van der Waals surface area contributed by atoms with Crippen LogP contribution in [-0.4, -0.2) is 28.1 Å². The van der Waals surface area contributed by atoms with Crippen molar-refractivity contribution < 1.29 is 23.9 Å². The summed E-state index contributed by atoms with van der Waals surface area (Å²) in [7, 11) is 0. The molecule has 1 unspecified atom stereocenters. The summed E-state index contributed by atoms with van der Waals surface area (Å²) in [6.07, 6.45) is 0.565. The highest BCUT2D eigenvalue weighted by Gasteiger charge is 2.19. The molecule has 3 aromatic rings. The Bertz CT molecular complexity index is 1120. The van der Waals surface area contributed by atoms with Crippen LogP contribution in [0.15, 0.2) is 77.7 Å². The van der Waals surface area contributed by atoms with Gasteiger partial charge in [-0.15, -0.1) is 11.8 Å². The summed E-state index contributed by atoms with van der Waals surface area (Å²) in [6.45, 7) is 1.89. The number of aromatic carboxylic acids is 1. The highest BCUT2D eigenvalue weighted by Crippen LogP contribution is 2.29. The van der Waals surface area contributed by atoms with Crippen molar-refractivity contribution in [2.75, 3.05) is 10.6 Å². The molecule has 0 fully saturated rings. The van der Waals surface area contributed by atoms with Crippen LogP contribution in [0.3, 0.4) is 0 Å². The lowest BCUT2D eigenvalue weighted by Gasteiger charge is -2.15. The summed E-state index contributed by atoms with van der Waals surface area (Å²) >= 11 is 1.36. The minimum atomic E-state index is -1.03. The Morgan fingerprint density at radius 3 is 2.19 bits per heavy atom. The van der Waals surface area contributed by atoms with E-state index in [2.05, 4.69) is 10.6 Å². The molecule has 0 radical (unpaired) electrons. The minimum absolute atomic E-state index is 0.143. The predicted molar refractivity (Wildman–Crippen MR) is 123 cm³/mol. The zero-order valence-corrected chi connectivity index (χ0v) is 18.0. The van der Waals surface area contributed by atoms with Gasteiger partial charge in [0.15, 0.2) is 0 Å². The average molecular weight is 453 g/mol. The van der Waals surface area contributed by atoms with Crippen molar-refractivity contribution in [3.8, 4) is 0 Å². The SMILES string of the molecule is CCC(Sc1cccc(NC(=O)c2ccc(F)cc2)c1)C(=O)Nc1ccc(C(=O)O)cc1. The van der Waals surface area contributed by atoms with Crippen LogP contribution in [0.4, 0.5) is 15.8 Å². The highest BCUT2D eigenvalue weighted by atomic mass is 32.2. The number of benzene rings is 3. The van der Waals surface area contributed by atoms with Gasteiger partial charge in [-0.05, 0) is 73.2 Å². The molecule has 8 heteroatoms. The molecule has 0 bridgehead atoms. The maximum Gasteiger partial charge on any atom is 0.335 e. The van der Waals surface area contributed by atoms with Crippen LogP contribution in [0.1, 0.15) is 34.1 Å². The van der Waals surface area contributed by atoms with E-state index in [1.807, 2.05) is 13.0 Å². The van der Waals surface area contributed by atoms with Crippen LogP contribution in [0, 0.1) is 5.82 Å². The van der Waals surface area contributed by atoms with E-state index in [1.165, 1.54) is 48.2 Å². The van der Waals surface area contributed by atoms with E-state index in [-0.39, 0.29) is 17.4 Å². The molecule has 0 aromatic heterocycles. The Morgan fingerprint density at radius 1 is 0.906 bits per heavy atom. The molecule has 3 rings (SSSR count). The van der Waals surface area contributed by atoms with Crippen LogP contribution >= 0.6 is 11.8 Å². The number of rotatable bonds is 8. The number of halogens is 1. The first-order valence-electron chi connectivity index (χ1n) is 9.83. The van der Waals surface area contributed by atoms with E-state index >= 15 is 0 Å². The third-order valence-corrected chi connectivity index (χ3v) is 5.90. The van der Waals surface area contributed by atoms with Gasteiger partial charge < -0.3 is 15.7 Å². The van der Waals surface area contributed by atoms with Gasteiger partial charge in [0.05, 0.1) is 10.8 Å². The first-order chi connectivity index (χ1) is 15.4. The molecule has 0 spiro atoms. The second-order valence-electron chi connectivity index (χ2n) is 6.88. The summed E-state index contributed by atoms with van der Waals surface area (Å²) in [5, 5.41) is 14.1. The number of anilines is 2. The number of amides is 2.